The van der Waals surface area contributed by atoms with E-state index in [1.165, 1.54) is 11.3 Å². The third kappa shape index (κ3) is 5.10. The third-order valence-electron chi connectivity index (χ3n) is 4.15. The Morgan fingerprint density at radius 1 is 1.29 bits per heavy atom. The van der Waals surface area contributed by atoms with Gasteiger partial charge in [0.1, 0.15) is 4.88 Å². The molecule has 1 fully saturated rings. The fourth-order valence-corrected chi connectivity index (χ4v) is 3.70. The monoisotopic (exact) mass is 393 g/mol. The summed E-state index contributed by atoms with van der Waals surface area (Å²) < 4.78 is 0. The molecular formula is C20H19N5O2S. The Morgan fingerprint density at radius 3 is 2.71 bits per heavy atom. The maximum Gasteiger partial charge on any atom is 0.316 e. The Hall–Kier alpha value is -3.33. The fourth-order valence-electron chi connectivity index (χ4n) is 2.83. The molecule has 0 unspecified atom stereocenters. The zero-order valence-electron chi connectivity index (χ0n) is 15.0. The molecule has 1 atom stereocenters. The summed E-state index contributed by atoms with van der Waals surface area (Å²) in [4.78, 5) is 28.3. The lowest BCUT2D eigenvalue weighted by Gasteiger charge is -2.23. The maximum absolute atomic E-state index is 12.7. The molecule has 2 heterocycles. The number of rotatable bonds is 3. The Kier molecular flexibility index (Phi) is 6.28. The molecule has 5 N–H and O–H groups in total. The van der Waals surface area contributed by atoms with E-state index in [1.54, 1.807) is 30.3 Å². The second-order valence-electron chi connectivity index (χ2n) is 6.27. The molecule has 3 rings (SSSR count). The summed E-state index contributed by atoms with van der Waals surface area (Å²) in [6.45, 7) is 8.65. The van der Waals surface area contributed by atoms with Crippen molar-refractivity contribution in [1.29, 1.82) is 0 Å². The summed E-state index contributed by atoms with van der Waals surface area (Å²) in [6.07, 6.45) is 1.92. The molecule has 0 spiro atoms. The Bertz CT molecular complexity index is 973. The second-order valence-corrected chi connectivity index (χ2v) is 7.32. The number of piperidine rings is 1. The van der Waals surface area contributed by atoms with E-state index in [2.05, 4.69) is 32.6 Å². The molecule has 1 aromatic carbocycles. The standard InChI is InChI=1S/C20H19N5O2S/c1-22-14-7-4-13(5-8-14)6-9-16-11-17(25-20(21)27)18(28-16)19(26)24-15-3-2-10-23-12-15/h4-5,7-8,11,15,23H,2-3,10,12H2,(H,24,26)(H3,21,25,27)/t15-/m0/s1. The summed E-state index contributed by atoms with van der Waals surface area (Å²) in [5.41, 5.74) is 6.89. The zero-order valence-corrected chi connectivity index (χ0v) is 15.9. The van der Waals surface area contributed by atoms with Crippen molar-refractivity contribution in [2.24, 2.45) is 5.73 Å². The Morgan fingerprint density at radius 2 is 2.07 bits per heavy atom. The number of hydrogen-bond donors (Lipinski definition) is 4. The van der Waals surface area contributed by atoms with Gasteiger partial charge in [0.25, 0.3) is 5.91 Å². The highest BCUT2D eigenvalue weighted by atomic mass is 32.1. The van der Waals surface area contributed by atoms with Crippen LogP contribution < -0.4 is 21.7 Å². The van der Waals surface area contributed by atoms with Crippen LogP contribution in [0.15, 0.2) is 30.3 Å². The molecule has 0 aliphatic carbocycles. The number of carbonyl (C=O) groups excluding carboxylic acids is 2. The molecule has 0 bridgehead atoms. The molecule has 3 amide bonds. The SMILES string of the molecule is [C-]#[N+]c1ccc(C#Cc2cc(NC(N)=O)c(C(=O)N[C@H]3CCCNC3)s2)cc1. The number of primary amides is 1. The summed E-state index contributed by atoms with van der Waals surface area (Å²) >= 11 is 1.20. The van der Waals surface area contributed by atoms with Crippen LogP contribution in [0.4, 0.5) is 16.2 Å². The van der Waals surface area contributed by atoms with Gasteiger partial charge in [0, 0.05) is 18.2 Å². The van der Waals surface area contributed by atoms with Gasteiger partial charge in [0.15, 0.2) is 5.69 Å². The van der Waals surface area contributed by atoms with Crippen LogP contribution >= 0.6 is 11.3 Å². The van der Waals surface area contributed by atoms with Crippen molar-refractivity contribution in [3.05, 3.63) is 57.1 Å². The minimum absolute atomic E-state index is 0.0558. The van der Waals surface area contributed by atoms with Gasteiger partial charge in [-0.25, -0.2) is 9.64 Å². The first-order chi connectivity index (χ1) is 13.5. The molecule has 142 valence electrons. The quantitative estimate of drug-likeness (QED) is 0.476. The van der Waals surface area contributed by atoms with E-state index in [9.17, 15) is 9.59 Å². The van der Waals surface area contributed by atoms with Gasteiger partial charge in [0.2, 0.25) is 0 Å². The lowest BCUT2D eigenvalue weighted by atomic mass is 10.1. The van der Waals surface area contributed by atoms with Crippen LogP contribution in [-0.4, -0.2) is 31.1 Å². The van der Waals surface area contributed by atoms with Gasteiger partial charge in [-0.1, -0.05) is 36.1 Å². The summed E-state index contributed by atoms with van der Waals surface area (Å²) in [6, 6.07) is 7.89. The molecule has 1 aliphatic rings. The van der Waals surface area contributed by atoms with Crippen molar-refractivity contribution in [3.63, 3.8) is 0 Å². The molecule has 8 heteroatoms. The molecule has 1 aromatic heterocycles. The van der Waals surface area contributed by atoms with Crippen LogP contribution in [0.25, 0.3) is 4.85 Å². The summed E-state index contributed by atoms with van der Waals surface area (Å²) in [5.74, 6) is 5.74. The maximum atomic E-state index is 12.7. The van der Waals surface area contributed by atoms with Crippen LogP contribution in [0.5, 0.6) is 0 Å². The Labute approximate surface area is 167 Å². The van der Waals surface area contributed by atoms with Crippen molar-refractivity contribution in [2.75, 3.05) is 18.4 Å². The van der Waals surface area contributed by atoms with E-state index < -0.39 is 6.03 Å². The van der Waals surface area contributed by atoms with Gasteiger partial charge in [-0.2, -0.15) is 0 Å². The summed E-state index contributed by atoms with van der Waals surface area (Å²) in [7, 11) is 0. The van der Waals surface area contributed by atoms with E-state index >= 15 is 0 Å². The summed E-state index contributed by atoms with van der Waals surface area (Å²) in [5, 5.41) is 8.73. The van der Waals surface area contributed by atoms with E-state index in [4.69, 9.17) is 12.3 Å². The lowest BCUT2D eigenvalue weighted by molar-refractivity contribution is 0.0935. The smallest absolute Gasteiger partial charge is 0.316 e. The van der Waals surface area contributed by atoms with Crippen LogP contribution in [0, 0.1) is 18.4 Å². The molecule has 1 saturated heterocycles. The number of nitrogens with one attached hydrogen (secondary N) is 3. The van der Waals surface area contributed by atoms with Gasteiger partial charge in [-0.05, 0) is 25.5 Å². The van der Waals surface area contributed by atoms with Crippen molar-refractivity contribution in [1.82, 2.24) is 10.6 Å². The highest BCUT2D eigenvalue weighted by Gasteiger charge is 2.21. The molecule has 28 heavy (non-hydrogen) atoms. The van der Waals surface area contributed by atoms with Crippen LogP contribution in [0.1, 0.15) is 33.0 Å². The minimum atomic E-state index is -0.736. The van der Waals surface area contributed by atoms with E-state index in [0.717, 1.165) is 31.5 Å². The first kappa shape index (κ1) is 19.4. The highest BCUT2D eigenvalue weighted by Crippen LogP contribution is 2.27. The number of anilines is 1. The fraction of sp³-hybridized carbons (Fsp3) is 0.250. The van der Waals surface area contributed by atoms with Crippen molar-refractivity contribution < 1.29 is 9.59 Å². The molecule has 1 aliphatic heterocycles. The molecule has 0 radical (unpaired) electrons. The van der Waals surface area contributed by atoms with Gasteiger partial charge in [0.05, 0.1) is 17.1 Å². The first-order valence-corrected chi connectivity index (χ1v) is 9.58. The van der Waals surface area contributed by atoms with E-state index in [1.807, 2.05) is 0 Å². The number of urea groups is 1. The molecule has 7 nitrogen and oxygen atoms in total. The lowest BCUT2D eigenvalue weighted by Crippen LogP contribution is -2.45. The first-order valence-electron chi connectivity index (χ1n) is 8.76. The van der Waals surface area contributed by atoms with E-state index in [0.29, 0.717) is 21.1 Å². The zero-order chi connectivity index (χ0) is 19.9. The normalized spacial score (nSPS) is 15.6. The topological polar surface area (TPSA) is 101 Å². The van der Waals surface area contributed by atoms with Gasteiger partial charge < -0.3 is 21.7 Å². The second kappa shape index (κ2) is 9.05. The Balaban J connectivity index is 1.80. The van der Waals surface area contributed by atoms with Crippen LogP contribution in [0.3, 0.4) is 0 Å². The number of nitrogens with two attached hydrogens (primary N) is 1. The predicted octanol–water partition coefficient (Wildman–Crippen LogP) is 2.67. The van der Waals surface area contributed by atoms with Gasteiger partial charge in [-0.15, -0.1) is 11.3 Å². The molecule has 0 saturated carbocycles. The number of thiophene rings is 1. The van der Waals surface area contributed by atoms with Gasteiger partial charge >= 0.3 is 6.03 Å². The highest BCUT2D eigenvalue weighted by molar-refractivity contribution is 7.15. The number of hydrogen-bond acceptors (Lipinski definition) is 4. The average molecular weight is 393 g/mol. The minimum Gasteiger partial charge on any atom is -0.351 e. The largest absolute Gasteiger partial charge is 0.351 e. The average Bonchev–Trinajstić information content (AvgIpc) is 3.09. The van der Waals surface area contributed by atoms with Crippen molar-refractivity contribution >= 4 is 34.6 Å². The van der Waals surface area contributed by atoms with Gasteiger partial charge in [-0.3, -0.25) is 4.79 Å². The van der Waals surface area contributed by atoms with Crippen molar-refractivity contribution in [3.8, 4) is 11.8 Å². The number of nitrogens with zero attached hydrogens (tertiary/aromatic N) is 1. The van der Waals surface area contributed by atoms with Crippen molar-refractivity contribution in [2.45, 2.75) is 18.9 Å². The number of amides is 3. The number of carbonyl (C=O) groups is 2. The van der Waals surface area contributed by atoms with Crippen LogP contribution in [-0.2, 0) is 0 Å². The molecule has 2 aromatic rings. The third-order valence-corrected chi connectivity index (χ3v) is 5.20. The molecular weight excluding hydrogens is 374 g/mol. The van der Waals surface area contributed by atoms with E-state index in [-0.39, 0.29) is 11.9 Å². The predicted molar refractivity (Wildman–Crippen MR) is 110 cm³/mol. The number of benzene rings is 1. The van der Waals surface area contributed by atoms with Crippen LogP contribution in [0.2, 0.25) is 0 Å².